The molecule has 0 radical (unpaired) electrons. The molecule has 0 saturated heterocycles. The van der Waals surface area contributed by atoms with E-state index >= 15 is 0 Å². The van der Waals surface area contributed by atoms with E-state index in [4.69, 9.17) is 0 Å². The standard InChI is InChI=1S/C9H8F2O/c10-7-4-8(12)5-2-1-3-6(5)9(7)11/h4,12H,1-3H2. The smallest absolute Gasteiger partial charge is 0.162 e. The van der Waals surface area contributed by atoms with Gasteiger partial charge in [-0.3, -0.25) is 0 Å². The molecule has 1 N–H and O–H groups in total. The van der Waals surface area contributed by atoms with Crippen LogP contribution in [-0.2, 0) is 12.8 Å². The van der Waals surface area contributed by atoms with Crippen molar-refractivity contribution in [2.75, 3.05) is 0 Å². The van der Waals surface area contributed by atoms with Crippen LogP contribution in [0.1, 0.15) is 17.5 Å². The maximum absolute atomic E-state index is 13.0. The van der Waals surface area contributed by atoms with Crippen molar-refractivity contribution in [1.82, 2.24) is 0 Å². The second-order valence-electron chi connectivity index (χ2n) is 3.00. The topological polar surface area (TPSA) is 20.2 Å². The first-order chi connectivity index (χ1) is 5.70. The van der Waals surface area contributed by atoms with Gasteiger partial charge in [-0.25, -0.2) is 8.78 Å². The van der Waals surface area contributed by atoms with Gasteiger partial charge in [0.05, 0.1) is 0 Å². The Morgan fingerprint density at radius 3 is 2.58 bits per heavy atom. The predicted molar refractivity (Wildman–Crippen MR) is 40.0 cm³/mol. The van der Waals surface area contributed by atoms with E-state index in [0.29, 0.717) is 24.0 Å². The van der Waals surface area contributed by atoms with Gasteiger partial charge in [-0.1, -0.05) is 0 Å². The van der Waals surface area contributed by atoms with Crippen LogP contribution in [0, 0.1) is 11.6 Å². The van der Waals surface area contributed by atoms with E-state index in [0.717, 1.165) is 12.5 Å². The molecule has 0 heterocycles. The highest BCUT2D eigenvalue weighted by molar-refractivity contribution is 5.43. The average molecular weight is 170 g/mol. The lowest BCUT2D eigenvalue weighted by atomic mass is 10.1. The van der Waals surface area contributed by atoms with Gasteiger partial charge in [0.2, 0.25) is 0 Å². The summed E-state index contributed by atoms with van der Waals surface area (Å²) in [6.45, 7) is 0. The third kappa shape index (κ3) is 0.891. The molecule has 1 aliphatic carbocycles. The van der Waals surface area contributed by atoms with Gasteiger partial charge in [-0.2, -0.15) is 0 Å². The SMILES string of the molecule is Oc1cc(F)c(F)c2c1CCC2. The van der Waals surface area contributed by atoms with Crippen LogP contribution in [-0.4, -0.2) is 5.11 Å². The number of hydrogen-bond donors (Lipinski definition) is 1. The van der Waals surface area contributed by atoms with Crippen LogP contribution in [0.3, 0.4) is 0 Å². The van der Waals surface area contributed by atoms with Crippen molar-refractivity contribution in [1.29, 1.82) is 0 Å². The maximum atomic E-state index is 13.0. The molecule has 1 aliphatic rings. The van der Waals surface area contributed by atoms with Gasteiger partial charge in [0, 0.05) is 11.6 Å². The van der Waals surface area contributed by atoms with E-state index < -0.39 is 11.6 Å². The summed E-state index contributed by atoms with van der Waals surface area (Å²) < 4.78 is 25.7. The third-order valence-corrected chi connectivity index (χ3v) is 2.27. The summed E-state index contributed by atoms with van der Waals surface area (Å²) in [7, 11) is 0. The van der Waals surface area contributed by atoms with Crippen LogP contribution < -0.4 is 0 Å². The van der Waals surface area contributed by atoms with Crippen molar-refractivity contribution < 1.29 is 13.9 Å². The van der Waals surface area contributed by atoms with Crippen molar-refractivity contribution in [2.24, 2.45) is 0 Å². The number of fused-ring (bicyclic) bond motifs is 1. The minimum absolute atomic E-state index is 0.110. The van der Waals surface area contributed by atoms with Gasteiger partial charge in [-0.05, 0) is 24.8 Å². The molecule has 1 nitrogen and oxygen atoms in total. The summed E-state index contributed by atoms with van der Waals surface area (Å²) in [5.41, 5.74) is 0.932. The molecule has 64 valence electrons. The molecule has 3 heteroatoms. The number of aromatic hydroxyl groups is 1. The molecule has 2 rings (SSSR count). The van der Waals surface area contributed by atoms with E-state index in [2.05, 4.69) is 0 Å². The van der Waals surface area contributed by atoms with Crippen molar-refractivity contribution >= 4 is 0 Å². The van der Waals surface area contributed by atoms with Gasteiger partial charge in [0.1, 0.15) is 5.75 Å². The number of phenolic OH excluding ortho intramolecular Hbond substituents is 1. The summed E-state index contributed by atoms with van der Waals surface area (Å²) >= 11 is 0. The number of rotatable bonds is 0. The Morgan fingerprint density at radius 2 is 1.83 bits per heavy atom. The highest BCUT2D eigenvalue weighted by atomic mass is 19.2. The zero-order valence-electron chi connectivity index (χ0n) is 6.40. The molecule has 0 fully saturated rings. The lowest BCUT2D eigenvalue weighted by molar-refractivity contribution is 0.447. The molecule has 0 unspecified atom stereocenters. The zero-order valence-corrected chi connectivity index (χ0v) is 6.40. The quantitative estimate of drug-likeness (QED) is 0.632. The molecular formula is C9H8F2O. The molecule has 0 atom stereocenters. The lowest BCUT2D eigenvalue weighted by Gasteiger charge is -2.03. The Balaban J connectivity index is 2.69. The van der Waals surface area contributed by atoms with Crippen LogP contribution in [0.5, 0.6) is 5.75 Å². The van der Waals surface area contributed by atoms with Crippen LogP contribution in [0.15, 0.2) is 6.07 Å². The van der Waals surface area contributed by atoms with E-state index in [1.807, 2.05) is 0 Å². The fourth-order valence-electron chi connectivity index (χ4n) is 1.68. The van der Waals surface area contributed by atoms with Gasteiger partial charge in [0.25, 0.3) is 0 Å². The minimum Gasteiger partial charge on any atom is -0.508 e. The Labute approximate surface area is 68.6 Å². The van der Waals surface area contributed by atoms with Crippen LogP contribution in [0.2, 0.25) is 0 Å². The van der Waals surface area contributed by atoms with Gasteiger partial charge in [0.15, 0.2) is 11.6 Å². The van der Waals surface area contributed by atoms with Crippen LogP contribution >= 0.6 is 0 Å². The molecule has 0 aliphatic heterocycles. The highest BCUT2D eigenvalue weighted by Crippen LogP contribution is 2.33. The second kappa shape index (κ2) is 2.44. The molecule has 0 spiro atoms. The summed E-state index contributed by atoms with van der Waals surface area (Å²) in [6, 6.07) is 0.847. The first-order valence-corrected chi connectivity index (χ1v) is 3.89. The maximum Gasteiger partial charge on any atom is 0.162 e. The molecule has 0 saturated carbocycles. The lowest BCUT2D eigenvalue weighted by Crippen LogP contribution is -1.93. The summed E-state index contributed by atoms with van der Waals surface area (Å²) in [4.78, 5) is 0. The highest BCUT2D eigenvalue weighted by Gasteiger charge is 2.21. The number of phenols is 1. The van der Waals surface area contributed by atoms with E-state index in [9.17, 15) is 13.9 Å². The fraction of sp³-hybridized carbons (Fsp3) is 0.333. The van der Waals surface area contributed by atoms with Crippen LogP contribution in [0.4, 0.5) is 8.78 Å². The van der Waals surface area contributed by atoms with E-state index in [-0.39, 0.29) is 5.75 Å². The van der Waals surface area contributed by atoms with E-state index in [1.165, 1.54) is 0 Å². The zero-order chi connectivity index (χ0) is 8.72. The van der Waals surface area contributed by atoms with Crippen LogP contribution in [0.25, 0.3) is 0 Å². The molecule has 1 aromatic rings. The van der Waals surface area contributed by atoms with Crippen molar-refractivity contribution in [3.05, 3.63) is 28.8 Å². The summed E-state index contributed by atoms with van der Waals surface area (Å²) in [5.74, 6) is -1.85. The van der Waals surface area contributed by atoms with Crippen molar-refractivity contribution in [3.63, 3.8) is 0 Å². The van der Waals surface area contributed by atoms with E-state index in [1.54, 1.807) is 0 Å². The normalized spacial score (nSPS) is 14.8. The number of hydrogen-bond acceptors (Lipinski definition) is 1. The molecular weight excluding hydrogens is 162 g/mol. The monoisotopic (exact) mass is 170 g/mol. The largest absolute Gasteiger partial charge is 0.508 e. The average Bonchev–Trinajstić information content (AvgIpc) is 2.48. The van der Waals surface area contributed by atoms with Gasteiger partial charge < -0.3 is 5.11 Å². The van der Waals surface area contributed by atoms with Crippen molar-refractivity contribution in [3.8, 4) is 5.75 Å². The summed E-state index contributed by atoms with van der Waals surface area (Å²) in [5, 5.41) is 9.23. The predicted octanol–water partition coefficient (Wildman–Crippen LogP) is 2.16. The first-order valence-electron chi connectivity index (χ1n) is 3.89. The Bertz CT molecular complexity index is 334. The number of halogens is 2. The Morgan fingerprint density at radius 1 is 1.17 bits per heavy atom. The molecule has 0 amide bonds. The van der Waals surface area contributed by atoms with Gasteiger partial charge in [-0.15, -0.1) is 0 Å². The second-order valence-corrected chi connectivity index (χ2v) is 3.00. The first kappa shape index (κ1) is 7.53. The molecule has 1 aromatic carbocycles. The van der Waals surface area contributed by atoms with Gasteiger partial charge >= 0.3 is 0 Å². The molecule has 12 heavy (non-hydrogen) atoms. The molecule has 0 bridgehead atoms. The van der Waals surface area contributed by atoms with Crippen molar-refractivity contribution in [2.45, 2.75) is 19.3 Å². The Hall–Kier alpha value is -1.12. The Kier molecular flexibility index (Phi) is 1.53. The molecule has 0 aromatic heterocycles. The summed E-state index contributed by atoms with van der Waals surface area (Å²) in [6.07, 6.45) is 1.98. The fourth-order valence-corrected chi connectivity index (χ4v) is 1.68. The minimum atomic E-state index is -0.951. The number of benzene rings is 1. The third-order valence-electron chi connectivity index (χ3n) is 2.27.